The average Bonchev–Trinajstić information content (AvgIpc) is 2.43. The molecule has 1 saturated carbocycles. The van der Waals surface area contributed by atoms with Crippen LogP contribution in [0.25, 0.3) is 0 Å². The normalized spacial score (nSPS) is 38.8. The van der Waals surface area contributed by atoms with Gasteiger partial charge in [-0.25, -0.2) is 0 Å². The van der Waals surface area contributed by atoms with E-state index >= 15 is 0 Å². The molecule has 3 heteroatoms. The summed E-state index contributed by atoms with van der Waals surface area (Å²) in [4.78, 5) is 14.8. The van der Waals surface area contributed by atoms with Gasteiger partial charge in [0.15, 0.2) is 0 Å². The summed E-state index contributed by atoms with van der Waals surface area (Å²) in [5.74, 6) is 1.72. The van der Waals surface area contributed by atoms with Gasteiger partial charge in [0, 0.05) is 24.3 Å². The van der Waals surface area contributed by atoms with Gasteiger partial charge in [0.1, 0.15) is 11.5 Å². The van der Waals surface area contributed by atoms with Gasteiger partial charge < -0.3 is 10.0 Å². The van der Waals surface area contributed by atoms with Crippen molar-refractivity contribution in [2.24, 2.45) is 11.8 Å². The van der Waals surface area contributed by atoms with E-state index in [1.54, 1.807) is 6.07 Å². The molecule has 1 N–H and O–H groups in total. The summed E-state index contributed by atoms with van der Waals surface area (Å²) in [7, 11) is 2.23. The highest BCUT2D eigenvalue weighted by Gasteiger charge is 2.57. The van der Waals surface area contributed by atoms with Crippen molar-refractivity contribution in [3.63, 3.8) is 0 Å². The van der Waals surface area contributed by atoms with Gasteiger partial charge in [-0.2, -0.15) is 0 Å². The number of likely N-dealkylation sites (tertiary alicyclic amines) is 1. The first-order valence-electron chi connectivity index (χ1n) is 8.05. The third kappa shape index (κ3) is 1.73. The van der Waals surface area contributed by atoms with Crippen LogP contribution in [-0.2, 0) is 16.6 Å². The van der Waals surface area contributed by atoms with Crippen LogP contribution in [0.3, 0.4) is 0 Å². The highest BCUT2D eigenvalue weighted by atomic mass is 16.3. The lowest BCUT2D eigenvalue weighted by atomic mass is 9.49. The van der Waals surface area contributed by atoms with E-state index in [-0.39, 0.29) is 5.41 Å². The number of likely N-dealkylation sites (N-methyl/N-ethyl adjacent to an activating group) is 1. The van der Waals surface area contributed by atoms with E-state index in [0.29, 0.717) is 35.8 Å². The Morgan fingerprint density at radius 2 is 2.14 bits per heavy atom. The fourth-order valence-corrected chi connectivity index (χ4v) is 5.51. The molecule has 3 aliphatic rings. The number of hydrogen-bond acceptors (Lipinski definition) is 3. The lowest BCUT2D eigenvalue weighted by Gasteiger charge is -2.60. The van der Waals surface area contributed by atoms with Crippen LogP contribution in [0, 0.1) is 11.8 Å². The fourth-order valence-electron chi connectivity index (χ4n) is 5.51. The summed E-state index contributed by atoms with van der Waals surface area (Å²) in [6.45, 7) is 3.30. The van der Waals surface area contributed by atoms with E-state index in [0.717, 1.165) is 25.8 Å². The lowest BCUT2D eigenvalue weighted by Crippen LogP contribution is -2.63. The van der Waals surface area contributed by atoms with Crippen LogP contribution in [-0.4, -0.2) is 35.4 Å². The van der Waals surface area contributed by atoms with Gasteiger partial charge in [-0.15, -0.1) is 0 Å². The molecule has 1 heterocycles. The molecule has 4 rings (SSSR count). The molecule has 0 radical (unpaired) electrons. The van der Waals surface area contributed by atoms with E-state index in [1.807, 2.05) is 6.07 Å². The predicted octanol–water partition coefficient (Wildman–Crippen LogP) is 2.51. The first kappa shape index (κ1) is 13.3. The van der Waals surface area contributed by atoms with Crippen LogP contribution >= 0.6 is 0 Å². The standard InChI is InChI=1S/C18H23NO2/c1-11-7-14(21)10-18-5-6-19(2)16(17(11)18)8-12-3-4-13(20)9-15(12)18/h3-4,9,11,16-17,20H,5-8,10H2,1-2H3/t11-,16+,17-,18+/m0/s1. The first-order chi connectivity index (χ1) is 10.0. The van der Waals surface area contributed by atoms with Crippen molar-refractivity contribution < 1.29 is 9.90 Å². The number of carbonyl (C=O) groups is 1. The number of piperidine rings is 1. The van der Waals surface area contributed by atoms with E-state index in [4.69, 9.17) is 0 Å². The van der Waals surface area contributed by atoms with Gasteiger partial charge in [0.2, 0.25) is 0 Å². The predicted molar refractivity (Wildman–Crippen MR) is 81.4 cm³/mol. The molecule has 0 aromatic heterocycles. The molecule has 0 spiro atoms. The Kier molecular flexibility index (Phi) is 2.74. The largest absolute Gasteiger partial charge is 0.508 e. The number of aromatic hydroxyl groups is 1. The molecule has 112 valence electrons. The Labute approximate surface area is 126 Å². The van der Waals surface area contributed by atoms with Crippen molar-refractivity contribution in [3.05, 3.63) is 29.3 Å². The number of phenolic OH excluding ortho intramolecular Hbond substituents is 1. The molecule has 1 aromatic carbocycles. The minimum atomic E-state index is -0.0295. The summed E-state index contributed by atoms with van der Waals surface area (Å²) in [5.41, 5.74) is 2.57. The zero-order chi connectivity index (χ0) is 14.8. The molecule has 0 unspecified atom stereocenters. The Balaban J connectivity index is 1.94. The summed E-state index contributed by atoms with van der Waals surface area (Å²) >= 11 is 0. The monoisotopic (exact) mass is 285 g/mol. The summed E-state index contributed by atoms with van der Waals surface area (Å²) in [5, 5.41) is 9.96. The zero-order valence-corrected chi connectivity index (χ0v) is 12.8. The van der Waals surface area contributed by atoms with Gasteiger partial charge in [-0.1, -0.05) is 13.0 Å². The molecule has 2 fully saturated rings. The molecule has 1 aromatic rings. The number of Topliss-reactive ketones (excluding diaryl/α,β-unsaturated/α-hetero) is 1. The van der Waals surface area contributed by atoms with Crippen LogP contribution in [0.4, 0.5) is 0 Å². The lowest BCUT2D eigenvalue weighted by molar-refractivity contribution is -0.130. The molecular formula is C18H23NO2. The van der Waals surface area contributed by atoms with Crippen LogP contribution in [0.5, 0.6) is 5.75 Å². The number of nitrogens with zero attached hydrogens (tertiary/aromatic N) is 1. The Hall–Kier alpha value is -1.35. The molecule has 3 nitrogen and oxygen atoms in total. The van der Waals surface area contributed by atoms with Crippen molar-refractivity contribution in [2.75, 3.05) is 13.6 Å². The van der Waals surface area contributed by atoms with Crippen molar-refractivity contribution in [1.82, 2.24) is 4.90 Å². The highest BCUT2D eigenvalue weighted by molar-refractivity contribution is 5.82. The minimum Gasteiger partial charge on any atom is -0.508 e. The van der Waals surface area contributed by atoms with Crippen LogP contribution in [0.1, 0.15) is 37.3 Å². The minimum absolute atomic E-state index is 0.0295. The van der Waals surface area contributed by atoms with E-state index in [9.17, 15) is 9.90 Å². The highest BCUT2D eigenvalue weighted by Crippen LogP contribution is 2.56. The van der Waals surface area contributed by atoms with Crippen molar-refractivity contribution in [1.29, 1.82) is 0 Å². The van der Waals surface area contributed by atoms with Gasteiger partial charge >= 0.3 is 0 Å². The molecule has 2 bridgehead atoms. The quantitative estimate of drug-likeness (QED) is 0.796. The third-order valence-electron chi connectivity index (χ3n) is 6.26. The topological polar surface area (TPSA) is 40.5 Å². The molecule has 4 atom stereocenters. The van der Waals surface area contributed by atoms with Gasteiger partial charge in [0.05, 0.1) is 0 Å². The fraction of sp³-hybridized carbons (Fsp3) is 0.611. The van der Waals surface area contributed by atoms with Crippen LogP contribution in [0.15, 0.2) is 18.2 Å². The van der Waals surface area contributed by atoms with Crippen LogP contribution in [0.2, 0.25) is 0 Å². The van der Waals surface area contributed by atoms with Gasteiger partial charge in [0.25, 0.3) is 0 Å². The van der Waals surface area contributed by atoms with Crippen LogP contribution < -0.4 is 0 Å². The van der Waals surface area contributed by atoms with Gasteiger partial charge in [-0.3, -0.25) is 4.79 Å². The number of rotatable bonds is 0. The van der Waals surface area contributed by atoms with E-state index < -0.39 is 0 Å². The Morgan fingerprint density at radius 3 is 2.95 bits per heavy atom. The van der Waals surface area contributed by atoms with Gasteiger partial charge in [-0.05, 0) is 61.5 Å². The number of phenols is 1. The molecule has 1 saturated heterocycles. The maximum absolute atomic E-state index is 12.3. The second-order valence-electron chi connectivity index (χ2n) is 7.42. The zero-order valence-electron chi connectivity index (χ0n) is 12.8. The second kappa shape index (κ2) is 4.33. The number of benzene rings is 1. The average molecular weight is 285 g/mol. The van der Waals surface area contributed by atoms with E-state index in [1.165, 1.54) is 11.1 Å². The molecular weight excluding hydrogens is 262 g/mol. The summed E-state index contributed by atoms with van der Waals surface area (Å²) in [6.07, 6.45) is 3.49. The maximum Gasteiger partial charge on any atom is 0.134 e. The maximum atomic E-state index is 12.3. The van der Waals surface area contributed by atoms with Crippen molar-refractivity contribution >= 4 is 5.78 Å². The third-order valence-corrected chi connectivity index (χ3v) is 6.26. The smallest absolute Gasteiger partial charge is 0.134 e. The Bertz CT molecular complexity index is 611. The van der Waals surface area contributed by atoms with Crippen molar-refractivity contribution in [3.8, 4) is 5.75 Å². The molecule has 21 heavy (non-hydrogen) atoms. The van der Waals surface area contributed by atoms with Crippen molar-refractivity contribution in [2.45, 2.75) is 44.1 Å². The molecule has 0 amide bonds. The number of ketones is 1. The summed E-state index contributed by atoms with van der Waals surface area (Å²) < 4.78 is 0. The van der Waals surface area contributed by atoms with E-state index in [2.05, 4.69) is 24.9 Å². The number of carbonyl (C=O) groups excluding carboxylic acids is 1. The number of fused-ring (bicyclic) bond motifs is 1. The molecule has 1 aliphatic heterocycles. The SMILES string of the molecule is C[C@H]1CC(=O)C[C@]23CCN(C)[C@H](Cc4ccc(O)cc42)[C@H]13. The molecule has 2 aliphatic carbocycles. The second-order valence-corrected chi connectivity index (χ2v) is 7.42. The Morgan fingerprint density at radius 1 is 1.33 bits per heavy atom. The number of hydrogen-bond donors (Lipinski definition) is 1. The summed E-state index contributed by atoms with van der Waals surface area (Å²) in [6, 6.07) is 6.34. The first-order valence-corrected chi connectivity index (χ1v) is 8.05.